The number of carbonyl (C=O) groups excluding carboxylic acids is 2. The number of allylic oxidation sites excluding steroid dienone is 2. The molecular weight excluding hydrogens is 725 g/mol. The zero-order valence-electron chi connectivity index (χ0n) is 36.6. The number of carbonyl (C=O) groups is 2. The Labute approximate surface area is 345 Å². The highest BCUT2D eigenvalue weighted by molar-refractivity contribution is 7.47. The molecule has 0 aliphatic heterocycles. The second kappa shape index (κ2) is 43.3. The molecule has 0 radical (unpaired) electrons. The predicted molar refractivity (Wildman–Crippen MR) is 234 cm³/mol. The number of ether oxygens (including phenoxy) is 2. The third-order valence-electron chi connectivity index (χ3n) is 10.4. The molecule has 0 saturated carbocycles. The Hall–Kier alpha value is -1.25. The Morgan fingerprint density at radius 2 is 0.875 bits per heavy atom. The lowest BCUT2D eigenvalue weighted by Crippen LogP contribution is -2.29. The van der Waals surface area contributed by atoms with Crippen molar-refractivity contribution in [1.29, 1.82) is 0 Å². The van der Waals surface area contributed by atoms with Gasteiger partial charge in [0.15, 0.2) is 6.10 Å². The molecule has 9 nitrogen and oxygen atoms in total. The van der Waals surface area contributed by atoms with Gasteiger partial charge in [-0.1, -0.05) is 199 Å². The van der Waals surface area contributed by atoms with E-state index in [9.17, 15) is 19.0 Å². The zero-order chi connectivity index (χ0) is 41.1. The molecule has 0 aliphatic rings. The van der Waals surface area contributed by atoms with Crippen molar-refractivity contribution < 1.29 is 37.6 Å². The fraction of sp³-hybridized carbons (Fsp3) is 0.913. The average molecular weight is 816 g/mol. The summed E-state index contributed by atoms with van der Waals surface area (Å²) in [4.78, 5) is 34.9. The summed E-state index contributed by atoms with van der Waals surface area (Å²) in [5.41, 5.74) is 5.35. The standard InChI is InChI=1S/C46H90NO8P/c1-3-5-7-9-11-13-15-17-19-20-21-22-23-25-26-28-30-32-34-36-38-45(48)52-42-44(43-54-56(50,51)53-41-40-47)55-46(49)39-37-35-33-31-29-27-24-18-16-14-12-10-8-6-4-2/h27,29,44H,3-26,28,30-43,47H2,1-2H3,(H,50,51)/b29-27+/t44-/m1/s1. The number of unbranched alkanes of at least 4 members (excludes halogenated alkanes) is 30. The van der Waals surface area contributed by atoms with Crippen LogP contribution in [0.2, 0.25) is 0 Å². The van der Waals surface area contributed by atoms with E-state index in [-0.39, 0.29) is 38.6 Å². The lowest BCUT2D eigenvalue weighted by atomic mass is 10.0. The topological polar surface area (TPSA) is 134 Å². The van der Waals surface area contributed by atoms with Crippen LogP contribution >= 0.6 is 7.82 Å². The van der Waals surface area contributed by atoms with E-state index >= 15 is 0 Å². The van der Waals surface area contributed by atoms with E-state index in [0.29, 0.717) is 6.42 Å². The number of esters is 2. The Bertz CT molecular complexity index is 933. The normalized spacial score (nSPS) is 13.3. The van der Waals surface area contributed by atoms with Crippen molar-refractivity contribution in [2.24, 2.45) is 5.73 Å². The minimum Gasteiger partial charge on any atom is -0.462 e. The van der Waals surface area contributed by atoms with E-state index in [1.54, 1.807) is 0 Å². The highest BCUT2D eigenvalue weighted by atomic mass is 31.2. The maximum absolute atomic E-state index is 12.6. The summed E-state index contributed by atoms with van der Waals surface area (Å²) in [6.07, 6.45) is 45.3. The van der Waals surface area contributed by atoms with E-state index in [0.717, 1.165) is 44.9 Å². The first-order chi connectivity index (χ1) is 27.3. The number of rotatable bonds is 45. The van der Waals surface area contributed by atoms with Gasteiger partial charge in [0.25, 0.3) is 0 Å². The Morgan fingerprint density at radius 3 is 1.29 bits per heavy atom. The molecule has 1 unspecified atom stereocenters. The van der Waals surface area contributed by atoms with Crippen molar-refractivity contribution in [2.75, 3.05) is 26.4 Å². The Morgan fingerprint density at radius 1 is 0.518 bits per heavy atom. The first-order valence-corrected chi connectivity index (χ1v) is 25.2. The maximum Gasteiger partial charge on any atom is 0.472 e. The fourth-order valence-electron chi connectivity index (χ4n) is 6.87. The monoisotopic (exact) mass is 816 g/mol. The van der Waals surface area contributed by atoms with Crippen molar-refractivity contribution in [2.45, 2.75) is 245 Å². The van der Waals surface area contributed by atoms with Crippen molar-refractivity contribution in [1.82, 2.24) is 0 Å². The fourth-order valence-corrected chi connectivity index (χ4v) is 7.63. The number of phosphoric acid groups is 1. The molecule has 2 atom stereocenters. The third-order valence-corrected chi connectivity index (χ3v) is 11.4. The highest BCUT2D eigenvalue weighted by Crippen LogP contribution is 2.43. The molecule has 0 rings (SSSR count). The molecule has 10 heteroatoms. The Balaban J connectivity index is 4.05. The molecular formula is C46H90NO8P. The van der Waals surface area contributed by atoms with E-state index < -0.39 is 26.5 Å². The van der Waals surface area contributed by atoms with Crippen LogP contribution < -0.4 is 5.73 Å². The van der Waals surface area contributed by atoms with Crippen LogP contribution in [0.3, 0.4) is 0 Å². The number of hydrogen-bond donors (Lipinski definition) is 2. The SMILES string of the molecule is CCCCCCCCCC/C=C/CCCCCC(=O)O[C@H](COC(=O)CCCCCCCCCCCCCCCCCCCCCC)COP(=O)(O)OCCN. The minimum atomic E-state index is -4.38. The summed E-state index contributed by atoms with van der Waals surface area (Å²) in [7, 11) is -4.38. The number of hydrogen-bond acceptors (Lipinski definition) is 8. The van der Waals surface area contributed by atoms with Gasteiger partial charge in [0, 0.05) is 19.4 Å². The number of nitrogens with two attached hydrogens (primary N) is 1. The van der Waals surface area contributed by atoms with Crippen LogP contribution in [-0.4, -0.2) is 49.3 Å². The molecule has 56 heavy (non-hydrogen) atoms. The molecule has 3 N–H and O–H groups in total. The number of phosphoric ester groups is 1. The summed E-state index contributed by atoms with van der Waals surface area (Å²) < 4.78 is 32.8. The van der Waals surface area contributed by atoms with Gasteiger partial charge in [0.1, 0.15) is 6.61 Å². The summed E-state index contributed by atoms with van der Waals surface area (Å²) in [5.74, 6) is -0.833. The van der Waals surface area contributed by atoms with E-state index in [1.165, 1.54) is 161 Å². The zero-order valence-corrected chi connectivity index (χ0v) is 37.5. The van der Waals surface area contributed by atoms with Crippen LogP contribution in [0.25, 0.3) is 0 Å². The van der Waals surface area contributed by atoms with Gasteiger partial charge in [-0.25, -0.2) is 4.57 Å². The molecule has 0 aromatic rings. The van der Waals surface area contributed by atoms with Crippen molar-refractivity contribution in [3.05, 3.63) is 12.2 Å². The van der Waals surface area contributed by atoms with Gasteiger partial charge in [-0.2, -0.15) is 0 Å². The van der Waals surface area contributed by atoms with Gasteiger partial charge in [-0.15, -0.1) is 0 Å². The van der Waals surface area contributed by atoms with Gasteiger partial charge in [-0.05, 0) is 38.5 Å². The summed E-state index contributed by atoms with van der Waals surface area (Å²) in [5, 5.41) is 0. The molecule has 0 spiro atoms. The van der Waals surface area contributed by atoms with Crippen LogP contribution in [0.15, 0.2) is 12.2 Å². The third kappa shape index (κ3) is 42.4. The molecule has 0 amide bonds. The largest absolute Gasteiger partial charge is 0.472 e. The summed E-state index contributed by atoms with van der Waals surface area (Å²) in [6, 6.07) is 0. The van der Waals surface area contributed by atoms with Gasteiger partial charge in [-0.3, -0.25) is 18.6 Å². The second-order valence-corrected chi connectivity index (χ2v) is 17.4. The summed E-state index contributed by atoms with van der Waals surface area (Å²) in [6.45, 7) is 3.76. The van der Waals surface area contributed by atoms with E-state index in [2.05, 4.69) is 26.0 Å². The van der Waals surface area contributed by atoms with E-state index in [1.807, 2.05) is 0 Å². The van der Waals surface area contributed by atoms with Crippen LogP contribution in [0.5, 0.6) is 0 Å². The Kier molecular flexibility index (Phi) is 42.4. The molecule has 0 aromatic carbocycles. The molecule has 0 saturated heterocycles. The lowest BCUT2D eigenvalue weighted by Gasteiger charge is -2.19. The quantitative estimate of drug-likeness (QED) is 0.0266. The first-order valence-electron chi connectivity index (χ1n) is 23.7. The van der Waals surface area contributed by atoms with Crippen molar-refractivity contribution >= 4 is 19.8 Å². The van der Waals surface area contributed by atoms with E-state index in [4.69, 9.17) is 24.3 Å². The van der Waals surface area contributed by atoms with Gasteiger partial charge in [0.05, 0.1) is 13.2 Å². The molecule has 0 fully saturated rings. The van der Waals surface area contributed by atoms with Crippen LogP contribution in [0, 0.1) is 0 Å². The molecule has 0 bridgehead atoms. The first kappa shape index (κ1) is 54.8. The smallest absolute Gasteiger partial charge is 0.462 e. The van der Waals surface area contributed by atoms with Crippen LogP contribution in [-0.2, 0) is 32.7 Å². The predicted octanol–water partition coefficient (Wildman–Crippen LogP) is 13.8. The van der Waals surface area contributed by atoms with Crippen molar-refractivity contribution in [3.8, 4) is 0 Å². The lowest BCUT2D eigenvalue weighted by molar-refractivity contribution is -0.161. The second-order valence-electron chi connectivity index (χ2n) is 16.0. The molecule has 332 valence electrons. The van der Waals surface area contributed by atoms with Crippen LogP contribution in [0.1, 0.15) is 239 Å². The van der Waals surface area contributed by atoms with Gasteiger partial charge >= 0.3 is 19.8 Å². The molecule has 0 aromatic heterocycles. The van der Waals surface area contributed by atoms with Gasteiger partial charge in [0.2, 0.25) is 0 Å². The average Bonchev–Trinajstić information content (AvgIpc) is 3.18. The van der Waals surface area contributed by atoms with Crippen LogP contribution in [0.4, 0.5) is 0 Å². The minimum absolute atomic E-state index is 0.0541. The van der Waals surface area contributed by atoms with Gasteiger partial charge < -0.3 is 20.1 Å². The molecule has 0 aliphatic carbocycles. The van der Waals surface area contributed by atoms with Crippen molar-refractivity contribution in [3.63, 3.8) is 0 Å². The highest BCUT2D eigenvalue weighted by Gasteiger charge is 2.26. The molecule has 0 heterocycles. The maximum atomic E-state index is 12.6. The summed E-state index contributed by atoms with van der Waals surface area (Å²) >= 11 is 0.